The number of nitrogens with two attached hydrogens (primary N) is 1. The maximum atomic E-state index is 13.9. The summed E-state index contributed by atoms with van der Waals surface area (Å²) in [6.07, 6.45) is 0. The molecule has 1 aromatic rings. The van der Waals surface area contributed by atoms with Gasteiger partial charge in [-0.05, 0) is 39.0 Å². The van der Waals surface area contributed by atoms with Crippen LogP contribution in [0.3, 0.4) is 0 Å². The van der Waals surface area contributed by atoms with E-state index >= 15 is 0 Å². The topological polar surface area (TPSA) is 29.3 Å². The number of anilines is 1. The van der Waals surface area contributed by atoms with E-state index in [1.165, 1.54) is 6.07 Å². The van der Waals surface area contributed by atoms with E-state index in [9.17, 15) is 4.39 Å². The van der Waals surface area contributed by atoms with Gasteiger partial charge in [0.1, 0.15) is 10.8 Å². The second kappa shape index (κ2) is 5.25. The number of hydrogen-bond donors (Lipinski definition) is 1. The van der Waals surface area contributed by atoms with Gasteiger partial charge in [-0.2, -0.15) is 0 Å². The molecule has 0 unspecified atom stereocenters. The van der Waals surface area contributed by atoms with Gasteiger partial charge >= 0.3 is 0 Å². The lowest BCUT2D eigenvalue weighted by molar-refractivity contribution is 0.604. The molecule has 0 fully saturated rings. The summed E-state index contributed by atoms with van der Waals surface area (Å²) < 4.78 is 13.9. The summed E-state index contributed by atoms with van der Waals surface area (Å²) in [7, 11) is 0. The summed E-state index contributed by atoms with van der Waals surface area (Å²) in [4.78, 5) is 2.21. The second-order valence-electron chi connectivity index (χ2n) is 3.91. The molecule has 0 aliphatic rings. The van der Waals surface area contributed by atoms with Crippen LogP contribution in [0.1, 0.15) is 26.3 Å². The van der Waals surface area contributed by atoms with Crippen LogP contribution in [0.15, 0.2) is 18.2 Å². The van der Waals surface area contributed by atoms with Crippen molar-refractivity contribution in [3.8, 4) is 0 Å². The normalized spacial score (nSPS) is 10.6. The maximum Gasteiger partial charge on any atom is 0.147 e. The molecule has 0 amide bonds. The molecule has 1 rings (SSSR count). The monoisotopic (exact) mass is 240 g/mol. The Morgan fingerprint density at radius 3 is 2.50 bits per heavy atom. The molecular weight excluding hydrogens is 223 g/mol. The fourth-order valence-electron chi connectivity index (χ4n) is 1.71. The molecule has 0 heterocycles. The molecule has 4 heteroatoms. The maximum absolute atomic E-state index is 13.9. The average molecular weight is 240 g/mol. The third-order valence-corrected chi connectivity index (χ3v) is 2.74. The van der Waals surface area contributed by atoms with Crippen LogP contribution < -0.4 is 10.6 Å². The summed E-state index contributed by atoms with van der Waals surface area (Å²) in [6, 6.07) is 5.14. The molecule has 0 aliphatic carbocycles. The Bertz CT molecular complexity index is 391. The SMILES string of the molecule is CCN(c1ccc(C(N)=S)cc1F)C(C)C. The molecule has 16 heavy (non-hydrogen) atoms. The summed E-state index contributed by atoms with van der Waals surface area (Å²) in [6.45, 7) is 6.83. The van der Waals surface area contributed by atoms with E-state index in [0.717, 1.165) is 6.54 Å². The van der Waals surface area contributed by atoms with Gasteiger partial charge in [-0.25, -0.2) is 4.39 Å². The summed E-state index contributed by atoms with van der Waals surface area (Å²) in [5.41, 5.74) is 6.61. The van der Waals surface area contributed by atoms with Crippen LogP contribution in [-0.4, -0.2) is 17.6 Å². The third-order valence-electron chi connectivity index (χ3n) is 2.51. The lowest BCUT2D eigenvalue weighted by atomic mass is 10.1. The zero-order chi connectivity index (χ0) is 12.3. The second-order valence-corrected chi connectivity index (χ2v) is 4.35. The largest absolute Gasteiger partial charge is 0.389 e. The smallest absolute Gasteiger partial charge is 0.147 e. The van der Waals surface area contributed by atoms with Crippen molar-refractivity contribution in [2.75, 3.05) is 11.4 Å². The van der Waals surface area contributed by atoms with Crippen molar-refractivity contribution in [2.24, 2.45) is 5.73 Å². The average Bonchev–Trinajstić information content (AvgIpc) is 2.20. The standard InChI is InChI=1S/C12H17FN2S/c1-4-15(8(2)3)11-6-5-9(12(14)16)7-10(11)13/h5-8H,4H2,1-3H3,(H2,14,16). The summed E-state index contributed by atoms with van der Waals surface area (Å²) in [5.74, 6) is -0.277. The molecule has 0 aliphatic heterocycles. The molecule has 88 valence electrons. The van der Waals surface area contributed by atoms with E-state index in [2.05, 4.69) is 0 Å². The Balaban J connectivity index is 3.11. The van der Waals surface area contributed by atoms with Crippen molar-refractivity contribution in [1.29, 1.82) is 0 Å². The number of benzene rings is 1. The van der Waals surface area contributed by atoms with Gasteiger partial charge in [0.15, 0.2) is 0 Å². The number of nitrogens with zero attached hydrogens (tertiary/aromatic N) is 1. The van der Waals surface area contributed by atoms with Crippen molar-refractivity contribution in [3.05, 3.63) is 29.6 Å². The minimum absolute atomic E-state index is 0.220. The molecule has 1 aromatic carbocycles. The molecule has 0 saturated heterocycles. The van der Waals surface area contributed by atoms with Crippen LogP contribution in [0.5, 0.6) is 0 Å². The first-order chi connectivity index (χ1) is 7.47. The van der Waals surface area contributed by atoms with Crippen molar-refractivity contribution >= 4 is 22.9 Å². The van der Waals surface area contributed by atoms with E-state index in [-0.39, 0.29) is 16.8 Å². The zero-order valence-corrected chi connectivity index (χ0v) is 10.6. The molecule has 2 nitrogen and oxygen atoms in total. The fourth-order valence-corrected chi connectivity index (χ4v) is 1.83. The first kappa shape index (κ1) is 12.9. The van der Waals surface area contributed by atoms with E-state index in [1.807, 2.05) is 25.7 Å². The quantitative estimate of drug-likeness (QED) is 0.820. The van der Waals surface area contributed by atoms with Gasteiger partial charge in [-0.15, -0.1) is 0 Å². The Kier molecular flexibility index (Phi) is 4.24. The first-order valence-corrected chi connectivity index (χ1v) is 5.74. The van der Waals surface area contributed by atoms with Crippen LogP contribution in [0, 0.1) is 5.82 Å². The highest BCUT2D eigenvalue weighted by atomic mass is 32.1. The van der Waals surface area contributed by atoms with E-state index in [0.29, 0.717) is 11.3 Å². The molecule has 0 aromatic heterocycles. The molecule has 0 atom stereocenters. The van der Waals surface area contributed by atoms with Gasteiger partial charge in [-0.3, -0.25) is 0 Å². The number of thiocarbonyl (C=S) groups is 1. The van der Waals surface area contributed by atoms with E-state index in [4.69, 9.17) is 18.0 Å². The Morgan fingerprint density at radius 1 is 1.50 bits per heavy atom. The lowest BCUT2D eigenvalue weighted by Crippen LogP contribution is -2.31. The van der Waals surface area contributed by atoms with Gasteiger partial charge in [0.2, 0.25) is 0 Å². The molecular formula is C12H17FN2S. The van der Waals surface area contributed by atoms with Crippen molar-refractivity contribution in [3.63, 3.8) is 0 Å². The fraction of sp³-hybridized carbons (Fsp3) is 0.417. The molecule has 0 bridgehead atoms. The van der Waals surface area contributed by atoms with Gasteiger partial charge < -0.3 is 10.6 Å². The van der Waals surface area contributed by atoms with Gasteiger partial charge in [-0.1, -0.05) is 12.2 Å². The van der Waals surface area contributed by atoms with E-state index in [1.54, 1.807) is 12.1 Å². The van der Waals surface area contributed by atoms with Gasteiger partial charge in [0, 0.05) is 18.2 Å². The van der Waals surface area contributed by atoms with E-state index < -0.39 is 0 Å². The molecule has 2 N–H and O–H groups in total. The number of rotatable bonds is 4. The van der Waals surface area contributed by atoms with Gasteiger partial charge in [0.05, 0.1) is 5.69 Å². The van der Waals surface area contributed by atoms with Crippen LogP contribution in [0.25, 0.3) is 0 Å². The van der Waals surface area contributed by atoms with Crippen LogP contribution in [0.4, 0.5) is 10.1 Å². The predicted octanol–water partition coefficient (Wildman–Crippen LogP) is 2.69. The molecule has 0 radical (unpaired) electrons. The molecule has 0 saturated carbocycles. The number of halogens is 1. The van der Waals surface area contributed by atoms with Crippen LogP contribution in [-0.2, 0) is 0 Å². The van der Waals surface area contributed by atoms with Crippen LogP contribution >= 0.6 is 12.2 Å². The highest BCUT2D eigenvalue weighted by Gasteiger charge is 2.13. The molecule has 0 spiro atoms. The first-order valence-electron chi connectivity index (χ1n) is 5.33. The van der Waals surface area contributed by atoms with Crippen molar-refractivity contribution in [2.45, 2.75) is 26.8 Å². The van der Waals surface area contributed by atoms with Gasteiger partial charge in [0.25, 0.3) is 0 Å². The Labute approximate surface area is 101 Å². The Morgan fingerprint density at radius 2 is 2.12 bits per heavy atom. The lowest BCUT2D eigenvalue weighted by Gasteiger charge is -2.28. The van der Waals surface area contributed by atoms with Crippen molar-refractivity contribution in [1.82, 2.24) is 0 Å². The minimum atomic E-state index is -0.277. The third kappa shape index (κ3) is 2.70. The van der Waals surface area contributed by atoms with Crippen LogP contribution in [0.2, 0.25) is 0 Å². The highest BCUT2D eigenvalue weighted by Crippen LogP contribution is 2.22. The highest BCUT2D eigenvalue weighted by molar-refractivity contribution is 7.80. The van der Waals surface area contributed by atoms with Crippen molar-refractivity contribution < 1.29 is 4.39 Å². The Hall–Kier alpha value is -1.16. The zero-order valence-electron chi connectivity index (χ0n) is 9.83. The summed E-state index contributed by atoms with van der Waals surface area (Å²) >= 11 is 4.81. The predicted molar refractivity (Wildman–Crippen MR) is 70.4 cm³/mol. The number of hydrogen-bond acceptors (Lipinski definition) is 2. The minimum Gasteiger partial charge on any atom is -0.389 e. The summed E-state index contributed by atoms with van der Waals surface area (Å²) in [5, 5.41) is 0.